The van der Waals surface area contributed by atoms with Crippen molar-refractivity contribution in [3.05, 3.63) is 54.5 Å². The maximum atomic E-state index is 12.2. The molecule has 0 radical (unpaired) electrons. The molecule has 6 rings (SSSR count). The van der Waals surface area contributed by atoms with Gasteiger partial charge in [0.1, 0.15) is 5.82 Å². The van der Waals surface area contributed by atoms with Gasteiger partial charge in [0.25, 0.3) is 0 Å². The minimum absolute atomic E-state index is 0.0483. The summed E-state index contributed by atoms with van der Waals surface area (Å²) in [5, 5.41) is 12.0. The number of anilines is 1. The number of nitrogens with zero attached hydrogens (tertiary/aromatic N) is 6. The van der Waals surface area contributed by atoms with Gasteiger partial charge < -0.3 is 15.5 Å². The van der Waals surface area contributed by atoms with Crippen molar-refractivity contribution in [3.8, 4) is 22.5 Å². The van der Waals surface area contributed by atoms with E-state index in [1.54, 1.807) is 7.05 Å². The Morgan fingerprint density at radius 2 is 1.95 bits per heavy atom. The van der Waals surface area contributed by atoms with Crippen LogP contribution in [0.5, 0.6) is 0 Å². The van der Waals surface area contributed by atoms with Crippen LogP contribution in [-0.4, -0.2) is 76.0 Å². The molecular weight excluding hydrogens is 548 g/mol. The number of carbonyl (C=O) groups excluding carboxylic acids is 1. The number of likely N-dealkylation sites (tertiary alicyclic amines) is 1. The van der Waals surface area contributed by atoms with Gasteiger partial charge in [-0.2, -0.15) is 5.10 Å². The second-order valence-electron chi connectivity index (χ2n) is 12.7. The zero-order chi connectivity index (χ0) is 30.5. The molecule has 2 aromatic heterocycles. The highest BCUT2D eigenvalue weighted by molar-refractivity contribution is 6.10. The fourth-order valence-electron chi connectivity index (χ4n) is 7.24. The third-order valence-electron chi connectivity index (χ3n) is 10.0. The first-order valence-electron chi connectivity index (χ1n) is 16.4. The fraction of sp³-hybridized carbons (Fsp3) is 0.514. The van der Waals surface area contributed by atoms with Crippen LogP contribution in [0.3, 0.4) is 0 Å². The smallest absolute Gasteiger partial charge is 0.222 e. The Morgan fingerprint density at radius 1 is 1.14 bits per heavy atom. The van der Waals surface area contributed by atoms with E-state index in [0.717, 1.165) is 105 Å². The molecule has 1 aromatic carbocycles. The number of allylic oxidation sites excluding steroid dienone is 2. The number of hydrogen-bond acceptors (Lipinski definition) is 7. The highest BCUT2D eigenvalue weighted by atomic mass is 16.2. The molecule has 2 aliphatic heterocycles. The van der Waals surface area contributed by atoms with Crippen molar-refractivity contribution in [2.45, 2.75) is 76.3 Å². The van der Waals surface area contributed by atoms with Crippen molar-refractivity contribution < 1.29 is 4.79 Å². The summed E-state index contributed by atoms with van der Waals surface area (Å²) < 4.78 is 2.13. The van der Waals surface area contributed by atoms with E-state index in [0.29, 0.717) is 24.2 Å². The summed E-state index contributed by atoms with van der Waals surface area (Å²) in [6.07, 6.45) is 19.2. The number of piperidine rings is 1. The monoisotopic (exact) mass is 594 g/mol. The van der Waals surface area contributed by atoms with Crippen LogP contribution in [0.2, 0.25) is 0 Å². The van der Waals surface area contributed by atoms with Crippen LogP contribution in [0.15, 0.2) is 53.9 Å². The molecule has 2 saturated heterocycles. The first-order valence-corrected chi connectivity index (χ1v) is 16.4. The summed E-state index contributed by atoms with van der Waals surface area (Å²) in [6, 6.07) is 8.74. The minimum Gasteiger partial charge on any atom is -0.369 e. The van der Waals surface area contributed by atoms with E-state index in [4.69, 9.17) is 15.1 Å². The zero-order valence-electron chi connectivity index (χ0n) is 26.4. The van der Waals surface area contributed by atoms with Crippen LogP contribution in [0, 0.1) is 5.92 Å². The number of amides is 1. The Morgan fingerprint density at radius 3 is 2.68 bits per heavy atom. The molecule has 0 unspecified atom stereocenters. The lowest BCUT2D eigenvalue weighted by atomic mass is 9.78. The van der Waals surface area contributed by atoms with Crippen LogP contribution in [0.25, 0.3) is 28.1 Å². The molecule has 1 saturated carbocycles. The van der Waals surface area contributed by atoms with Gasteiger partial charge in [0.15, 0.2) is 5.82 Å². The molecule has 2 N–H and O–H groups in total. The minimum atomic E-state index is 0.0483. The molecule has 9 nitrogen and oxygen atoms in total. The van der Waals surface area contributed by atoms with E-state index >= 15 is 0 Å². The van der Waals surface area contributed by atoms with Gasteiger partial charge in [-0.15, -0.1) is 0 Å². The molecule has 232 valence electrons. The van der Waals surface area contributed by atoms with Crippen molar-refractivity contribution in [3.63, 3.8) is 0 Å². The highest BCUT2D eigenvalue weighted by Crippen LogP contribution is 2.44. The van der Waals surface area contributed by atoms with Gasteiger partial charge in [0.2, 0.25) is 5.91 Å². The topological polar surface area (TPSA) is 100 Å². The summed E-state index contributed by atoms with van der Waals surface area (Å²) in [6.45, 7) is 5.15. The number of rotatable bonds is 9. The van der Waals surface area contributed by atoms with Gasteiger partial charge in [-0.25, -0.2) is 9.97 Å². The second kappa shape index (κ2) is 13.4. The Balaban J connectivity index is 1.26. The molecule has 9 heteroatoms. The van der Waals surface area contributed by atoms with Gasteiger partial charge in [0, 0.05) is 67.9 Å². The first-order chi connectivity index (χ1) is 21.5. The number of aliphatic imine (C=N–C) groups is 1. The number of benzene rings is 1. The Hall–Kier alpha value is -3.85. The lowest BCUT2D eigenvalue weighted by Gasteiger charge is -2.42. The maximum Gasteiger partial charge on any atom is 0.222 e. The summed E-state index contributed by atoms with van der Waals surface area (Å²) in [5.41, 5.74) is 5.24. The van der Waals surface area contributed by atoms with E-state index in [1.165, 1.54) is 0 Å². The molecule has 0 atom stereocenters. The SMILES string of the molecule is CC/C=C(\C=NC)c1cccc(-c2ncc(-c3cnn(C4CCC5(CCC(=O)N5C)CC4)c3)c(NCC3CCNCC3)n2)c1. The predicted molar refractivity (Wildman–Crippen MR) is 178 cm³/mol. The average molecular weight is 595 g/mol. The van der Waals surface area contributed by atoms with Gasteiger partial charge in [0.05, 0.1) is 12.2 Å². The van der Waals surface area contributed by atoms with E-state index in [-0.39, 0.29) is 11.4 Å². The van der Waals surface area contributed by atoms with Crippen molar-refractivity contribution in [2.24, 2.45) is 10.9 Å². The zero-order valence-corrected chi connectivity index (χ0v) is 26.4. The summed E-state index contributed by atoms with van der Waals surface area (Å²) in [5.74, 6) is 2.45. The third kappa shape index (κ3) is 6.34. The standard InChI is InChI=1S/C35H46N8O/c1-4-6-28(21-36-2)26-7-5-8-27(19-26)33-39-23-31(34(41-33)38-20-25-12-17-37-18-13-25)29-22-40-43(24-29)30-9-14-35(15-10-30)16-11-32(44)42(35)3/h5-8,19,21-25,30,37H,4,9-18,20H2,1-3H3,(H,38,39,41)/b28-6+,36-21?. The molecule has 1 amide bonds. The average Bonchev–Trinajstić information content (AvgIpc) is 3.66. The van der Waals surface area contributed by atoms with E-state index in [2.05, 4.69) is 63.8 Å². The van der Waals surface area contributed by atoms with Crippen molar-refractivity contribution >= 4 is 23.5 Å². The highest BCUT2D eigenvalue weighted by Gasteiger charge is 2.45. The molecule has 3 aromatic rings. The molecule has 3 aliphatic rings. The summed E-state index contributed by atoms with van der Waals surface area (Å²) in [4.78, 5) is 28.5. The fourth-order valence-corrected chi connectivity index (χ4v) is 7.24. The van der Waals surface area contributed by atoms with Gasteiger partial charge in [-0.1, -0.05) is 31.2 Å². The number of nitrogens with one attached hydrogen (secondary N) is 2. The summed E-state index contributed by atoms with van der Waals surface area (Å²) >= 11 is 0. The molecule has 1 aliphatic carbocycles. The Labute approximate surface area is 261 Å². The normalized spacial score (nSPS) is 23.2. The first kappa shape index (κ1) is 30.2. The Kier molecular flexibility index (Phi) is 9.21. The van der Waals surface area contributed by atoms with Crippen LogP contribution in [0.1, 0.15) is 76.3 Å². The predicted octanol–water partition coefficient (Wildman–Crippen LogP) is 6.02. The van der Waals surface area contributed by atoms with Crippen LogP contribution in [0.4, 0.5) is 5.82 Å². The number of hydrogen-bond donors (Lipinski definition) is 2. The van der Waals surface area contributed by atoms with Gasteiger partial charge >= 0.3 is 0 Å². The summed E-state index contributed by atoms with van der Waals surface area (Å²) in [7, 11) is 3.79. The van der Waals surface area contributed by atoms with Crippen LogP contribution < -0.4 is 10.6 Å². The number of carbonyl (C=O) groups is 1. The molecule has 3 fully saturated rings. The third-order valence-corrected chi connectivity index (χ3v) is 10.0. The van der Waals surface area contributed by atoms with Crippen LogP contribution in [-0.2, 0) is 4.79 Å². The van der Waals surface area contributed by atoms with Crippen molar-refractivity contribution in [1.29, 1.82) is 0 Å². The number of aromatic nitrogens is 4. The van der Waals surface area contributed by atoms with Crippen molar-refractivity contribution in [1.82, 2.24) is 30.0 Å². The molecule has 0 bridgehead atoms. The Bertz CT molecular complexity index is 1510. The lowest BCUT2D eigenvalue weighted by molar-refractivity contribution is -0.130. The molecule has 44 heavy (non-hydrogen) atoms. The van der Waals surface area contributed by atoms with E-state index in [1.807, 2.05) is 30.6 Å². The van der Waals surface area contributed by atoms with Gasteiger partial charge in [-0.3, -0.25) is 14.5 Å². The van der Waals surface area contributed by atoms with Gasteiger partial charge in [-0.05, 0) is 87.6 Å². The second-order valence-corrected chi connectivity index (χ2v) is 12.7. The van der Waals surface area contributed by atoms with Crippen molar-refractivity contribution in [2.75, 3.05) is 39.0 Å². The van der Waals surface area contributed by atoms with Crippen LogP contribution >= 0.6 is 0 Å². The van der Waals surface area contributed by atoms with E-state index in [9.17, 15) is 4.79 Å². The maximum absolute atomic E-state index is 12.2. The quantitative estimate of drug-likeness (QED) is 0.294. The lowest BCUT2D eigenvalue weighted by Crippen LogP contribution is -2.46. The molecule has 4 heterocycles. The largest absolute Gasteiger partial charge is 0.369 e. The molecular formula is C35H46N8O. The molecule has 1 spiro atoms. The van der Waals surface area contributed by atoms with E-state index < -0.39 is 0 Å².